The average Bonchev–Trinajstić information content (AvgIpc) is 3.66. The molecule has 36 heavy (non-hydrogen) atoms. The van der Waals surface area contributed by atoms with Gasteiger partial charge in [0.05, 0.1) is 16.5 Å². The lowest BCUT2D eigenvalue weighted by molar-refractivity contribution is -0.142. The molecule has 5 fully saturated rings. The predicted octanol–water partition coefficient (Wildman–Crippen LogP) is 4.39. The number of piperazine rings is 1. The molecule has 2 aliphatic heterocycles. The fourth-order valence-corrected chi connectivity index (χ4v) is 9.07. The number of halogens is 1. The fourth-order valence-electron chi connectivity index (χ4n) is 8.25. The molecule has 5 aliphatic rings. The molecule has 3 aliphatic carbocycles. The summed E-state index contributed by atoms with van der Waals surface area (Å²) >= 11 is 1.37. The molecule has 1 aromatic carbocycles. The molecule has 2 aromatic rings. The molecular formula is C28H35FN4O2S. The number of hydrogen-bond acceptors (Lipinski definition) is 6. The van der Waals surface area contributed by atoms with Gasteiger partial charge in [-0.2, -0.15) is 4.37 Å². The molecular weight excluding hydrogens is 475 g/mol. The Morgan fingerprint density at radius 2 is 1.56 bits per heavy atom. The maximum Gasteiger partial charge on any atom is 0.233 e. The van der Waals surface area contributed by atoms with E-state index in [2.05, 4.69) is 14.2 Å². The highest BCUT2D eigenvalue weighted by atomic mass is 32.1. The van der Waals surface area contributed by atoms with Crippen LogP contribution in [0.15, 0.2) is 18.2 Å². The monoisotopic (exact) mass is 510 g/mol. The van der Waals surface area contributed by atoms with Crippen molar-refractivity contribution < 1.29 is 14.0 Å². The lowest BCUT2D eigenvalue weighted by atomic mass is 9.78. The molecule has 6 atom stereocenters. The first-order chi connectivity index (χ1) is 17.6. The number of benzene rings is 1. The number of imide groups is 1. The molecule has 8 heteroatoms. The number of nitrogens with zero attached hydrogens (tertiary/aromatic N) is 4. The number of hydrogen-bond donors (Lipinski definition) is 0. The van der Waals surface area contributed by atoms with E-state index < -0.39 is 0 Å². The smallest absolute Gasteiger partial charge is 0.233 e. The predicted molar refractivity (Wildman–Crippen MR) is 138 cm³/mol. The van der Waals surface area contributed by atoms with Gasteiger partial charge in [-0.3, -0.25) is 19.4 Å². The number of aromatic nitrogens is 1. The normalized spacial score (nSPS) is 34.8. The van der Waals surface area contributed by atoms with Crippen molar-refractivity contribution in [1.82, 2.24) is 14.2 Å². The molecule has 1 aromatic heterocycles. The van der Waals surface area contributed by atoms with E-state index in [1.54, 1.807) is 11.0 Å². The molecule has 2 bridgehead atoms. The summed E-state index contributed by atoms with van der Waals surface area (Å²) in [6, 6.07) is 4.94. The molecule has 3 heterocycles. The highest BCUT2D eigenvalue weighted by Crippen LogP contribution is 2.56. The number of anilines is 1. The van der Waals surface area contributed by atoms with E-state index in [1.165, 1.54) is 36.9 Å². The van der Waals surface area contributed by atoms with Gasteiger partial charge in [0.25, 0.3) is 0 Å². The second-order valence-electron chi connectivity index (χ2n) is 11.9. The minimum Gasteiger partial charge on any atom is -0.353 e. The number of likely N-dealkylation sites (tertiary alicyclic amines) is 1. The third kappa shape index (κ3) is 3.78. The van der Waals surface area contributed by atoms with Crippen molar-refractivity contribution in [3.63, 3.8) is 0 Å². The molecule has 0 spiro atoms. The Balaban J connectivity index is 0.984. The highest BCUT2D eigenvalue weighted by Gasteiger charge is 2.61. The maximum absolute atomic E-state index is 13.6. The lowest BCUT2D eigenvalue weighted by Crippen LogP contribution is -2.49. The van der Waals surface area contributed by atoms with E-state index in [4.69, 9.17) is 0 Å². The van der Waals surface area contributed by atoms with Crippen LogP contribution in [-0.2, 0) is 9.59 Å². The Morgan fingerprint density at radius 3 is 2.25 bits per heavy atom. The van der Waals surface area contributed by atoms with Gasteiger partial charge in [-0.15, -0.1) is 0 Å². The van der Waals surface area contributed by atoms with E-state index in [0.717, 1.165) is 74.3 Å². The summed E-state index contributed by atoms with van der Waals surface area (Å²) in [7, 11) is 0. The van der Waals surface area contributed by atoms with Crippen molar-refractivity contribution in [1.29, 1.82) is 0 Å². The zero-order chi connectivity index (χ0) is 24.4. The summed E-state index contributed by atoms with van der Waals surface area (Å²) in [6.45, 7) is 5.51. The second kappa shape index (κ2) is 9.05. The van der Waals surface area contributed by atoms with Crippen LogP contribution in [0.25, 0.3) is 10.1 Å². The number of rotatable bonds is 5. The van der Waals surface area contributed by atoms with E-state index in [-0.39, 0.29) is 29.5 Å². The Kier molecular flexibility index (Phi) is 5.80. The standard InChI is InChI=1S/C28H35FN4O2S/c29-21-7-8-22-23(14-21)36-30-26(22)32-11-9-31(10-12-32)15-19-3-1-2-4-20(19)16-33-27(34)24-17-5-6-18(13-17)25(24)28(33)35/h7-8,14,17-20,24-25H,1-6,9-13,15-16H2/t17?,18?,19-,20-,24?,25?/m0/s1. The summed E-state index contributed by atoms with van der Waals surface area (Å²) in [5, 5.41) is 1.04. The van der Waals surface area contributed by atoms with Crippen molar-refractivity contribution in [2.45, 2.75) is 44.9 Å². The van der Waals surface area contributed by atoms with Crippen LogP contribution >= 0.6 is 11.5 Å². The molecule has 0 radical (unpaired) electrons. The van der Waals surface area contributed by atoms with Gasteiger partial charge in [0.2, 0.25) is 11.8 Å². The first-order valence-corrected chi connectivity index (χ1v) is 14.7. The summed E-state index contributed by atoms with van der Waals surface area (Å²) in [5.74, 6) is 3.01. The zero-order valence-electron chi connectivity index (χ0n) is 20.8. The van der Waals surface area contributed by atoms with Gasteiger partial charge in [0.15, 0.2) is 0 Å². The van der Waals surface area contributed by atoms with Crippen molar-refractivity contribution >= 4 is 39.3 Å². The van der Waals surface area contributed by atoms with Crippen LogP contribution in [0.2, 0.25) is 0 Å². The van der Waals surface area contributed by atoms with E-state index in [0.29, 0.717) is 30.2 Å². The van der Waals surface area contributed by atoms with E-state index in [9.17, 15) is 14.0 Å². The zero-order valence-corrected chi connectivity index (χ0v) is 21.6. The second-order valence-corrected chi connectivity index (χ2v) is 12.7. The molecule has 3 saturated carbocycles. The first kappa shape index (κ1) is 23.1. The Bertz CT molecular complexity index is 1150. The van der Waals surface area contributed by atoms with Crippen molar-refractivity contribution in [2.24, 2.45) is 35.5 Å². The molecule has 192 valence electrons. The van der Waals surface area contributed by atoms with Crippen molar-refractivity contribution in [2.75, 3.05) is 44.2 Å². The van der Waals surface area contributed by atoms with Crippen molar-refractivity contribution in [3.05, 3.63) is 24.0 Å². The quantitative estimate of drug-likeness (QED) is 0.559. The Hall–Kier alpha value is -2.06. The Labute approximate surface area is 216 Å². The van der Waals surface area contributed by atoms with Crippen LogP contribution in [0.4, 0.5) is 10.2 Å². The number of carbonyl (C=O) groups excluding carboxylic acids is 2. The van der Waals surface area contributed by atoms with Gasteiger partial charge >= 0.3 is 0 Å². The minimum atomic E-state index is -0.211. The van der Waals surface area contributed by atoms with Gasteiger partial charge in [-0.05, 0) is 85.5 Å². The fraction of sp³-hybridized carbons (Fsp3) is 0.679. The number of fused-ring (bicyclic) bond motifs is 6. The largest absolute Gasteiger partial charge is 0.353 e. The molecule has 4 unspecified atom stereocenters. The van der Waals surface area contributed by atoms with Crippen LogP contribution in [0.5, 0.6) is 0 Å². The molecule has 6 nitrogen and oxygen atoms in total. The van der Waals surface area contributed by atoms with Crippen LogP contribution in [0.3, 0.4) is 0 Å². The van der Waals surface area contributed by atoms with Gasteiger partial charge in [0, 0.05) is 44.7 Å². The maximum atomic E-state index is 13.6. The van der Waals surface area contributed by atoms with Gasteiger partial charge < -0.3 is 4.90 Å². The SMILES string of the molecule is O=C1C2C3CCC(C3)C2C(=O)N1C[C@@H]1CCCC[C@H]1CN1CCN(c2nsc3cc(F)ccc23)CC1. The van der Waals surface area contributed by atoms with E-state index in [1.807, 2.05) is 6.07 Å². The summed E-state index contributed by atoms with van der Waals surface area (Å²) in [4.78, 5) is 33.2. The minimum absolute atomic E-state index is 0.00431. The Morgan fingerprint density at radius 1 is 0.889 bits per heavy atom. The molecule has 7 rings (SSSR count). The van der Waals surface area contributed by atoms with Gasteiger partial charge in [0.1, 0.15) is 11.6 Å². The summed E-state index contributed by atoms with van der Waals surface area (Å²) in [5.41, 5.74) is 0. The number of amides is 2. The van der Waals surface area contributed by atoms with Crippen molar-refractivity contribution in [3.8, 4) is 0 Å². The highest BCUT2D eigenvalue weighted by molar-refractivity contribution is 7.13. The molecule has 2 saturated heterocycles. The first-order valence-electron chi connectivity index (χ1n) is 13.9. The molecule has 0 N–H and O–H groups in total. The molecule has 2 amide bonds. The van der Waals surface area contributed by atoms with Gasteiger partial charge in [-0.25, -0.2) is 4.39 Å². The topological polar surface area (TPSA) is 56.8 Å². The number of carbonyl (C=O) groups is 2. The van der Waals surface area contributed by atoms with E-state index >= 15 is 0 Å². The average molecular weight is 511 g/mol. The summed E-state index contributed by atoms with van der Waals surface area (Å²) < 4.78 is 19.1. The van der Waals surface area contributed by atoms with Crippen LogP contribution in [0.1, 0.15) is 44.9 Å². The van der Waals surface area contributed by atoms with Crippen LogP contribution in [-0.4, -0.2) is 65.3 Å². The third-order valence-electron chi connectivity index (χ3n) is 10.1. The van der Waals surface area contributed by atoms with Gasteiger partial charge in [-0.1, -0.05) is 12.8 Å². The lowest BCUT2D eigenvalue weighted by Gasteiger charge is -2.40. The third-order valence-corrected chi connectivity index (χ3v) is 10.9. The van der Waals surface area contributed by atoms with Crippen LogP contribution in [0, 0.1) is 41.3 Å². The van der Waals surface area contributed by atoms with Crippen LogP contribution < -0.4 is 4.90 Å². The summed E-state index contributed by atoms with van der Waals surface area (Å²) in [6.07, 6.45) is 8.17.